The minimum Gasteiger partial charge on any atom is -0.507 e. The number of phenols is 1. The highest BCUT2D eigenvalue weighted by molar-refractivity contribution is 5.72. The average molecular weight is 463 g/mol. The second kappa shape index (κ2) is 11.3. The van der Waals surface area contributed by atoms with Gasteiger partial charge in [-0.05, 0) is 64.2 Å². The van der Waals surface area contributed by atoms with Crippen LogP contribution in [0.5, 0.6) is 17.2 Å². The predicted octanol–water partition coefficient (Wildman–Crippen LogP) is 4.84. The molecule has 4 rings (SSSR count). The Bertz CT molecular complexity index is 1200. The smallest absolute Gasteiger partial charge is 0.138 e. The van der Waals surface area contributed by atoms with Crippen LogP contribution in [0.4, 0.5) is 4.39 Å². The quantitative estimate of drug-likeness (QED) is 0.321. The number of halogens is 1. The number of hydrogen-bond donors (Lipinski definition) is 1. The highest BCUT2D eigenvalue weighted by atomic mass is 19.1. The molecule has 0 bridgehead atoms. The standard InChI is InChI=1S/C26H27FN4O3/c1-2-19-16-23(20-8-10-22(27)11-9-20)24(32)17-26(19)34-15-5-14-33-25-7-4-3-6-21(25)12-13-31-18-28-29-30-31/h3-4,6-11,16-18,32H,2,5,12-15H2,1H3. The van der Waals surface area contributed by atoms with E-state index >= 15 is 0 Å². The van der Waals surface area contributed by atoms with Crippen molar-refractivity contribution in [2.75, 3.05) is 13.2 Å². The lowest BCUT2D eigenvalue weighted by Crippen LogP contribution is -2.08. The van der Waals surface area contributed by atoms with E-state index < -0.39 is 0 Å². The van der Waals surface area contributed by atoms with Crippen molar-refractivity contribution in [3.8, 4) is 28.4 Å². The zero-order valence-electron chi connectivity index (χ0n) is 19.0. The molecule has 7 nitrogen and oxygen atoms in total. The van der Waals surface area contributed by atoms with Gasteiger partial charge in [0.2, 0.25) is 0 Å². The number of aromatic nitrogens is 4. The number of phenolic OH excluding ortho intramolecular Hbond substituents is 1. The van der Waals surface area contributed by atoms with Crippen LogP contribution in [0, 0.1) is 5.82 Å². The fourth-order valence-corrected chi connectivity index (χ4v) is 3.68. The van der Waals surface area contributed by atoms with Crippen molar-refractivity contribution >= 4 is 0 Å². The van der Waals surface area contributed by atoms with E-state index in [1.54, 1.807) is 29.2 Å². The van der Waals surface area contributed by atoms with E-state index in [0.717, 1.165) is 35.3 Å². The molecule has 1 aromatic heterocycles. The molecule has 1 heterocycles. The van der Waals surface area contributed by atoms with Gasteiger partial charge in [-0.15, -0.1) is 5.10 Å². The third-order valence-electron chi connectivity index (χ3n) is 5.49. The van der Waals surface area contributed by atoms with Gasteiger partial charge in [0.1, 0.15) is 29.4 Å². The summed E-state index contributed by atoms with van der Waals surface area (Å²) in [6, 6.07) is 17.5. The number of para-hydroxylation sites is 1. The third-order valence-corrected chi connectivity index (χ3v) is 5.49. The van der Waals surface area contributed by atoms with Crippen LogP contribution in [0.15, 0.2) is 67.0 Å². The van der Waals surface area contributed by atoms with Crippen LogP contribution >= 0.6 is 0 Å². The van der Waals surface area contributed by atoms with E-state index in [-0.39, 0.29) is 11.6 Å². The maximum absolute atomic E-state index is 13.2. The summed E-state index contributed by atoms with van der Waals surface area (Å²) >= 11 is 0. The van der Waals surface area contributed by atoms with Crippen molar-refractivity contribution in [2.24, 2.45) is 0 Å². The Morgan fingerprint density at radius 3 is 2.44 bits per heavy atom. The molecule has 0 saturated heterocycles. The van der Waals surface area contributed by atoms with Gasteiger partial charge in [0.05, 0.1) is 13.2 Å². The van der Waals surface area contributed by atoms with Crippen molar-refractivity contribution in [1.82, 2.24) is 20.2 Å². The Morgan fingerprint density at radius 2 is 1.71 bits per heavy atom. The maximum Gasteiger partial charge on any atom is 0.138 e. The van der Waals surface area contributed by atoms with Crippen LogP contribution in [0.3, 0.4) is 0 Å². The van der Waals surface area contributed by atoms with Gasteiger partial charge in [0.25, 0.3) is 0 Å². The van der Waals surface area contributed by atoms with Crippen molar-refractivity contribution in [3.05, 3.63) is 83.9 Å². The van der Waals surface area contributed by atoms with E-state index in [4.69, 9.17) is 9.47 Å². The van der Waals surface area contributed by atoms with Gasteiger partial charge in [-0.2, -0.15) is 0 Å². The largest absolute Gasteiger partial charge is 0.507 e. The maximum atomic E-state index is 13.2. The van der Waals surface area contributed by atoms with Gasteiger partial charge in [-0.25, -0.2) is 9.07 Å². The lowest BCUT2D eigenvalue weighted by molar-refractivity contribution is 0.244. The summed E-state index contributed by atoms with van der Waals surface area (Å²) in [5, 5.41) is 21.7. The van der Waals surface area contributed by atoms with Crippen LogP contribution < -0.4 is 9.47 Å². The number of nitrogens with zero attached hydrogens (tertiary/aromatic N) is 4. The van der Waals surface area contributed by atoms with Crippen LogP contribution in [-0.4, -0.2) is 38.5 Å². The summed E-state index contributed by atoms with van der Waals surface area (Å²) in [5.74, 6) is 1.28. The second-order valence-electron chi connectivity index (χ2n) is 7.82. The Balaban J connectivity index is 1.31. The normalized spacial score (nSPS) is 10.9. The predicted molar refractivity (Wildman–Crippen MR) is 126 cm³/mol. The van der Waals surface area contributed by atoms with Crippen LogP contribution in [0.1, 0.15) is 24.5 Å². The lowest BCUT2D eigenvalue weighted by atomic mass is 10.00. The van der Waals surface area contributed by atoms with E-state index in [9.17, 15) is 9.50 Å². The van der Waals surface area contributed by atoms with Gasteiger partial charge in [0, 0.05) is 24.6 Å². The van der Waals surface area contributed by atoms with E-state index in [1.165, 1.54) is 12.1 Å². The average Bonchev–Trinajstić information content (AvgIpc) is 3.38. The molecule has 8 heteroatoms. The molecule has 0 saturated carbocycles. The van der Waals surface area contributed by atoms with E-state index in [2.05, 4.69) is 15.5 Å². The van der Waals surface area contributed by atoms with Gasteiger partial charge in [-0.1, -0.05) is 37.3 Å². The highest BCUT2D eigenvalue weighted by Gasteiger charge is 2.12. The molecule has 0 radical (unpaired) electrons. The lowest BCUT2D eigenvalue weighted by Gasteiger charge is -2.15. The van der Waals surface area contributed by atoms with Gasteiger partial charge < -0.3 is 14.6 Å². The number of aromatic hydroxyl groups is 1. The van der Waals surface area contributed by atoms with Gasteiger partial charge >= 0.3 is 0 Å². The SMILES string of the molecule is CCc1cc(-c2ccc(F)cc2)c(O)cc1OCCCOc1ccccc1CCn1cnnn1. The first-order valence-electron chi connectivity index (χ1n) is 11.3. The molecule has 1 N–H and O–H groups in total. The number of rotatable bonds is 11. The number of tetrazole rings is 1. The first kappa shape index (κ1) is 23.2. The number of ether oxygens (including phenoxy) is 2. The molecule has 4 aromatic rings. The highest BCUT2D eigenvalue weighted by Crippen LogP contribution is 2.36. The van der Waals surface area contributed by atoms with Crippen molar-refractivity contribution in [1.29, 1.82) is 0 Å². The second-order valence-corrected chi connectivity index (χ2v) is 7.82. The molecule has 0 aliphatic carbocycles. The molecule has 3 aromatic carbocycles. The minimum atomic E-state index is -0.309. The van der Waals surface area contributed by atoms with Crippen LogP contribution in [-0.2, 0) is 19.4 Å². The van der Waals surface area contributed by atoms with Crippen molar-refractivity contribution in [3.63, 3.8) is 0 Å². The molecular weight excluding hydrogens is 435 g/mol. The Kier molecular flexibility index (Phi) is 7.70. The molecule has 34 heavy (non-hydrogen) atoms. The summed E-state index contributed by atoms with van der Waals surface area (Å²) in [6.45, 7) is 3.66. The fourth-order valence-electron chi connectivity index (χ4n) is 3.68. The Morgan fingerprint density at radius 1 is 0.941 bits per heavy atom. The Hall–Kier alpha value is -3.94. The molecule has 0 aliphatic rings. The molecule has 0 spiro atoms. The summed E-state index contributed by atoms with van der Waals surface area (Å²) in [6.07, 6.45) is 3.78. The van der Waals surface area contributed by atoms with Crippen molar-refractivity contribution < 1.29 is 19.0 Å². The molecule has 0 unspecified atom stereocenters. The fraction of sp³-hybridized carbons (Fsp3) is 0.269. The summed E-state index contributed by atoms with van der Waals surface area (Å²) in [5.41, 5.74) is 3.48. The molecule has 0 amide bonds. The zero-order valence-corrected chi connectivity index (χ0v) is 19.0. The van der Waals surface area contributed by atoms with Gasteiger partial charge in [-0.3, -0.25) is 0 Å². The first-order valence-corrected chi connectivity index (χ1v) is 11.3. The van der Waals surface area contributed by atoms with Crippen LogP contribution in [0.25, 0.3) is 11.1 Å². The van der Waals surface area contributed by atoms with E-state index in [1.807, 2.05) is 37.3 Å². The number of aryl methyl sites for hydroxylation is 3. The zero-order chi connectivity index (χ0) is 23.8. The summed E-state index contributed by atoms with van der Waals surface area (Å²) in [4.78, 5) is 0. The van der Waals surface area contributed by atoms with E-state index in [0.29, 0.717) is 37.5 Å². The van der Waals surface area contributed by atoms with Crippen molar-refractivity contribution in [2.45, 2.75) is 32.7 Å². The summed E-state index contributed by atoms with van der Waals surface area (Å²) in [7, 11) is 0. The Labute approximate surface area is 197 Å². The monoisotopic (exact) mass is 462 g/mol. The number of benzene rings is 3. The molecule has 0 fully saturated rings. The summed E-state index contributed by atoms with van der Waals surface area (Å²) < 4.78 is 26.9. The van der Waals surface area contributed by atoms with Crippen LogP contribution in [0.2, 0.25) is 0 Å². The third kappa shape index (κ3) is 5.89. The number of hydrogen-bond acceptors (Lipinski definition) is 6. The first-order chi connectivity index (χ1) is 16.6. The molecule has 0 atom stereocenters. The topological polar surface area (TPSA) is 82.3 Å². The molecule has 176 valence electrons. The molecule has 0 aliphatic heterocycles. The minimum absolute atomic E-state index is 0.103. The molecular formula is C26H27FN4O3. The van der Waals surface area contributed by atoms with Gasteiger partial charge in [0.15, 0.2) is 0 Å².